The molecular formula is C13H18N2O4. The van der Waals surface area contributed by atoms with E-state index in [1.165, 1.54) is 12.1 Å². The molecule has 19 heavy (non-hydrogen) atoms. The van der Waals surface area contributed by atoms with Crippen LogP contribution in [0.5, 0.6) is 0 Å². The standard InChI is InChI=1S/C13H18N2O4/c1-9(8-19-2)15-13(18)14-7-10-3-5-11(6-4-10)12(16)17/h3-6,9H,7-8H2,1-2H3,(H,16,17)(H2,14,15,18)/t9-/m1/s1. The van der Waals surface area contributed by atoms with E-state index in [0.717, 1.165) is 5.56 Å². The first-order chi connectivity index (χ1) is 9.02. The molecule has 0 aliphatic rings. The van der Waals surface area contributed by atoms with Crippen molar-refractivity contribution in [2.24, 2.45) is 0 Å². The van der Waals surface area contributed by atoms with Crippen LogP contribution in [0.15, 0.2) is 24.3 Å². The third-order valence-electron chi connectivity index (χ3n) is 2.45. The maximum atomic E-state index is 11.5. The predicted octanol–water partition coefficient (Wildman–Crippen LogP) is 1.22. The maximum Gasteiger partial charge on any atom is 0.335 e. The van der Waals surface area contributed by atoms with Gasteiger partial charge in [0.05, 0.1) is 18.2 Å². The van der Waals surface area contributed by atoms with E-state index in [4.69, 9.17) is 9.84 Å². The highest BCUT2D eigenvalue weighted by molar-refractivity contribution is 5.87. The highest BCUT2D eigenvalue weighted by Crippen LogP contribution is 2.04. The molecule has 0 radical (unpaired) electrons. The zero-order valence-electron chi connectivity index (χ0n) is 11.0. The van der Waals surface area contributed by atoms with Crippen LogP contribution in [0.25, 0.3) is 0 Å². The lowest BCUT2D eigenvalue weighted by atomic mass is 10.1. The number of ether oxygens (including phenoxy) is 1. The molecule has 104 valence electrons. The smallest absolute Gasteiger partial charge is 0.335 e. The zero-order chi connectivity index (χ0) is 14.3. The molecule has 6 nitrogen and oxygen atoms in total. The molecule has 1 aromatic carbocycles. The Balaban J connectivity index is 2.39. The van der Waals surface area contributed by atoms with Crippen molar-refractivity contribution in [2.75, 3.05) is 13.7 Å². The van der Waals surface area contributed by atoms with Crippen molar-refractivity contribution in [3.8, 4) is 0 Å². The van der Waals surface area contributed by atoms with Crippen LogP contribution >= 0.6 is 0 Å². The maximum absolute atomic E-state index is 11.5. The molecule has 1 rings (SSSR count). The fraction of sp³-hybridized carbons (Fsp3) is 0.385. The van der Waals surface area contributed by atoms with E-state index in [1.807, 2.05) is 6.92 Å². The van der Waals surface area contributed by atoms with E-state index in [-0.39, 0.29) is 17.6 Å². The molecule has 1 atom stereocenters. The normalized spacial score (nSPS) is 11.7. The molecular weight excluding hydrogens is 248 g/mol. The number of carboxylic acid groups (broad SMARTS) is 1. The van der Waals surface area contributed by atoms with Crippen LogP contribution in [0.3, 0.4) is 0 Å². The van der Waals surface area contributed by atoms with Crippen molar-refractivity contribution in [3.63, 3.8) is 0 Å². The van der Waals surface area contributed by atoms with Crippen molar-refractivity contribution in [1.29, 1.82) is 0 Å². The molecule has 0 bridgehead atoms. The Morgan fingerprint density at radius 1 is 1.32 bits per heavy atom. The van der Waals surface area contributed by atoms with Gasteiger partial charge in [-0.25, -0.2) is 9.59 Å². The third kappa shape index (κ3) is 5.39. The summed E-state index contributed by atoms with van der Waals surface area (Å²) in [5.74, 6) is -0.967. The first-order valence-corrected chi connectivity index (χ1v) is 5.88. The minimum atomic E-state index is -0.967. The van der Waals surface area contributed by atoms with E-state index >= 15 is 0 Å². The molecule has 0 spiro atoms. The second-order valence-electron chi connectivity index (χ2n) is 4.19. The Hall–Kier alpha value is -2.08. The van der Waals surface area contributed by atoms with Crippen molar-refractivity contribution in [3.05, 3.63) is 35.4 Å². The average molecular weight is 266 g/mol. The number of benzene rings is 1. The lowest BCUT2D eigenvalue weighted by molar-refractivity contribution is 0.0697. The van der Waals surface area contributed by atoms with Gasteiger partial charge >= 0.3 is 12.0 Å². The third-order valence-corrected chi connectivity index (χ3v) is 2.45. The number of amides is 2. The fourth-order valence-corrected chi connectivity index (χ4v) is 1.51. The largest absolute Gasteiger partial charge is 0.478 e. The van der Waals surface area contributed by atoms with Crippen LogP contribution in [0.4, 0.5) is 4.79 Å². The summed E-state index contributed by atoms with van der Waals surface area (Å²) in [4.78, 5) is 22.2. The quantitative estimate of drug-likeness (QED) is 0.722. The molecule has 1 aromatic rings. The summed E-state index contributed by atoms with van der Waals surface area (Å²) in [5.41, 5.74) is 1.06. The number of methoxy groups -OCH3 is 1. The van der Waals surface area contributed by atoms with Gasteiger partial charge in [-0.15, -0.1) is 0 Å². The van der Waals surface area contributed by atoms with Gasteiger partial charge in [-0.1, -0.05) is 12.1 Å². The van der Waals surface area contributed by atoms with E-state index < -0.39 is 5.97 Å². The van der Waals surface area contributed by atoms with Gasteiger partial charge in [0.2, 0.25) is 0 Å². The van der Waals surface area contributed by atoms with Gasteiger partial charge in [-0.3, -0.25) is 0 Å². The van der Waals surface area contributed by atoms with Gasteiger partial charge in [0.1, 0.15) is 0 Å². The minimum Gasteiger partial charge on any atom is -0.478 e. The average Bonchev–Trinajstić information content (AvgIpc) is 2.37. The SMILES string of the molecule is COC[C@@H](C)NC(=O)NCc1ccc(C(=O)O)cc1. The van der Waals surface area contributed by atoms with Gasteiger partial charge in [0, 0.05) is 13.7 Å². The molecule has 6 heteroatoms. The Labute approximate surface area is 111 Å². The number of rotatable bonds is 6. The molecule has 2 amide bonds. The number of carbonyl (C=O) groups is 2. The molecule has 3 N–H and O–H groups in total. The monoisotopic (exact) mass is 266 g/mol. The minimum absolute atomic E-state index is 0.0700. The highest BCUT2D eigenvalue weighted by Gasteiger charge is 2.06. The van der Waals surface area contributed by atoms with Crippen molar-refractivity contribution < 1.29 is 19.4 Å². The highest BCUT2D eigenvalue weighted by atomic mass is 16.5. The first kappa shape index (κ1) is 15.0. The Morgan fingerprint density at radius 3 is 2.47 bits per heavy atom. The topological polar surface area (TPSA) is 87.7 Å². The summed E-state index contributed by atoms with van der Waals surface area (Å²) in [5, 5.41) is 14.1. The number of hydrogen-bond donors (Lipinski definition) is 3. The molecule has 0 unspecified atom stereocenters. The second-order valence-corrected chi connectivity index (χ2v) is 4.19. The molecule has 0 saturated heterocycles. The van der Waals surface area contributed by atoms with Crippen molar-refractivity contribution >= 4 is 12.0 Å². The lowest BCUT2D eigenvalue weighted by Crippen LogP contribution is -2.42. The van der Waals surface area contributed by atoms with Crippen LogP contribution in [0.1, 0.15) is 22.8 Å². The van der Waals surface area contributed by atoms with Gasteiger partial charge in [-0.2, -0.15) is 0 Å². The van der Waals surface area contributed by atoms with E-state index in [0.29, 0.717) is 13.2 Å². The number of nitrogens with one attached hydrogen (secondary N) is 2. The molecule has 0 fully saturated rings. The van der Waals surface area contributed by atoms with E-state index in [1.54, 1.807) is 19.2 Å². The van der Waals surface area contributed by atoms with Crippen LogP contribution in [0, 0.1) is 0 Å². The number of hydrogen-bond acceptors (Lipinski definition) is 3. The molecule has 0 saturated carbocycles. The summed E-state index contributed by atoms with van der Waals surface area (Å²) in [6.45, 7) is 2.62. The number of carbonyl (C=O) groups excluding carboxylic acids is 1. The molecule has 0 aromatic heterocycles. The molecule has 0 aliphatic carbocycles. The Morgan fingerprint density at radius 2 is 1.95 bits per heavy atom. The first-order valence-electron chi connectivity index (χ1n) is 5.88. The summed E-state index contributed by atoms with van der Waals surface area (Å²) in [6, 6.07) is 5.99. The summed E-state index contributed by atoms with van der Waals surface area (Å²) >= 11 is 0. The summed E-state index contributed by atoms with van der Waals surface area (Å²) < 4.78 is 4.90. The van der Waals surface area contributed by atoms with Crippen LogP contribution in [0.2, 0.25) is 0 Å². The fourth-order valence-electron chi connectivity index (χ4n) is 1.51. The lowest BCUT2D eigenvalue weighted by Gasteiger charge is -2.13. The Kier molecular flexibility index (Phi) is 5.81. The Bertz CT molecular complexity index is 431. The number of aromatic carboxylic acids is 1. The summed E-state index contributed by atoms with van der Waals surface area (Å²) in [7, 11) is 1.57. The zero-order valence-corrected chi connectivity index (χ0v) is 11.0. The van der Waals surface area contributed by atoms with Crippen LogP contribution in [-0.4, -0.2) is 36.9 Å². The second kappa shape index (κ2) is 7.38. The van der Waals surface area contributed by atoms with Crippen LogP contribution < -0.4 is 10.6 Å². The van der Waals surface area contributed by atoms with E-state index in [9.17, 15) is 9.59 Å². The van der Waals surface area contributed by atoms with Crippen molar-refractivity contribution in [2.45, 2.75) is 19.5 Å². The van der Waals surface area contributed by atoms with Crippen molar-refractivity contribution in [1.82, 2.24) is 10.6 Å². The van der Waals surface area contributed by atoms with E-state index in [2.05, 4.69) is 10.6 Å². The number of carboxylic acids is 1. The summed E-state index contributed by atoms with van der Waals surface area (Å²) in [6.07, 6.45) is 0. The van der Waals surface area contributed by atoms with Gasteiger partial charge in [-0.05, 0) is 24.6 Å². The van der Waals surface area contributed by atoms with Gasteiger partial charge in [0.25, 0.3) is 0 Å². The van der Waals surface area contributed by atoms with Gasteiger partial charge in [0.15, 0.2) is 0 Å². The predicted molar refractivity (Wildman–Crippen MR) is 70.1 cm³/mol. The van der Waals surface area contributed by atoms with Crippen LogP contribution in [-0.2, 0) is 11.3 Å². The number of urea groups is 1. The molecule has 0 aliphatic heterocycles. The molecule has 0 heterocycles. The van der Waals surface area contributed by atoms with Gasteiger partial charge < -0.3 is 20.5 Å².